The number of aromatic nitrogens is 2. The van der Waals surface area contributed by atoms with Crippen molar-refractivity contribution in [2.45, 2.75) is 12.5 Å². The van der Waals surface area contributed by atoms with E-state index < -0.39 is 0 Å². The average molecular weight is 297 g/mol. The molecule has 2 N–H and O–H groups in total. The monoisotopic (exact) mass is 296 g/mol. The van der Waals surface area contributed by atoms with Crippen LogP contribution < -0.4 is 21.9 Å². The standard InChI is InChI=1S/C10H16N4O2.2ClH/c1-12-8(14-4-3-7(11)6-14)5-9(15)13(2)10(12)16;;/h5,7H,3-4,6,11H2,1-2H3;2*1H/t7-;;/m1../s1. The van der Waals surface area contributed by atoms with E-state index in [0.29, 0.717) is 12.4 Å². The molecule has 0 spiro atoms. The first-order chi connectivity index (χ1) is 7.50. The van der Waals surface area contributed by atoms with E-state index in [2.05, 4.69) is 0 Å². The third-order valence-electron chi connectivity index (χ3n) is 3.05. The second kappa shape index (κ2) is 6.26. The topological polar surface area (TPSA) is 73.3 Å². The van der Waals surface area contributed by atoms with Crippen LogP contribution >= 0.6 is 24.8 Å². The van der Waals surface area contributed by atoms with Crippen LogP contribution in [0.3, 0.4) is 0 Å². The van der Waals surface area contributed by atoms with Crippen molar-refractivity contribution in [3.8, 4) is 0 Å². The van der Waals surface area contributed by atoms with E-state index >= 15 is 0 Å². The van der Waals surface area contributed by atoms with Gasteiger partial charge >= 0.3 is 5.69 Å². The number of hydrogen-bond acceptors (Lipinski definition) is 4. The molecule has 6 nitrogen and oxygen atoms in total. The summed E-state index contributed by atoms with van der Waals surface area (Å²) >= 11 is 0. The van der Waals surface area contributed by atoms with Crippen LogP contribution in [0.25, 0.3) is 0 Å². The second-order valence-electron chi connectivity index (χ2n) is 4.24. The van der Waals surface area contributed by atoms with Gasteiger partial charge in [0.2, 0.25) is 0 Å². The largest absolute Gasteiger partial charge is 0.356 e. The molecule has 1 aromatic heterocycles. The van der Waals surface area contributed by atoms with E-state index in [1.54, 1.807) is 7.05 Å². The Labute approximate surface area is 117 Å². The van der Waals surface area contributed by atoms with Gasteiger partial charge in [0.15, 0.2) is 0 Å². The molecule has 1 atom stereocenters. The lowest BCUT2D eigenvalue weighted by molar-refractivity contribution is 0.671. The summed E-state index contributed by atoms with van der Waals surface area (Å²) < 4.78 is 2.58. The first-order valence-electron chi connectivity index (χ1n) is 5.28. The minimum absolute atomic E-state index is 0. The average Bonchev–Trinajstić information content (AvgIpc) is 2.67. The predicted octanol–water partition coefficient (Wildman–Crippen LogP) is -0.535. The van der Waals surface area contributed by atoms with E-state index in [4.69, 9.17) is 5.73 Å². The number of halogens is 2. The number of nitrogens with two attached hydrogens (primary N) is 1. The minimum Gasteiger partial charge on any atom is -0.356 e. The highest BCUT2D eigenvalue weighted by molar-refractivity contribution is 5.85. The van der Waals surface area contributed by atoms with Crippen LogP contribution in [0.1, 0.15) is 6.42 Å². The van der Waals surface area contributed by atoms with E-state index in [9.17, 15) is 9.59 Å². The molecule has 2 rings (SSSR count). The van der Waals surface area contributed by atoms with Gasteiger partial charge in [-0.1, -0.05) is 0 Å². The molecule has 0 unspecified atom stereocenters. The van der Waals surface area contributed by atoms with Crippen LogP contribution in [-0.2, 0) is 14.1 Å². The quantitative estimate of drug-likeness (QED) is 0.756. The van der Waals surface area contributed by atoms with Crippen molar-refractivity contribution in [3.05, 3.63) is 26.9 Å². The predicted molar refractivity (Wildman–Crippen MR) is 76.2 cm³/mol. The number of anilines is 1. The van der Waals surface area contributed by atoms with Crippen LogP contribution in [0.2, 0.25) is 0 Å². The van der Waals surface area contributed by atoms with Crippen molar-refractivity contribution in [2.24, 2.45) is 19.8 Å². The van der Waals surface area contributed by atoms with E-state index in [0.717, 1.165) is 17.5 Å². The lowest BCUT2D eigenvalue weighted by Gasteiger charge is -2.20. The van der Waals surface area contributed by atoms with Gasteiger partial charge < -0.3 is 10.6 Å². The van der Waals surface area contributed by atoms with Crippen molar-refractivity contribution in [1.29, 1.82) is 0 Å². The highest BCUT2D eigenvalue weighted by Gasteiger charge is 2.22. The zero-order valence-electron chi connectivity index (χ0n) is 10.3. The Hall–Kier alpha value is -0.980. The summed E-state index contributed by atoms with van der Waals surface area (Å²) in [5.74, 6) is 0.654. The maximum atomic E-state index is 11.7. The third-order valence-corrected chi connectivity index (χ3v) is 3.05. The summed E-state index contributed by atoms with van der Waals surface area (Å²) in [5, 5.41) is 0. The smallest absolute Gasteiger partial charge is 0.332 e. The molecule has 1 saturated heterocycles. The van der Waals surface area contributed by atoms with Gasteiger partial charge in [-0.3, -0.25) is 13.9 Å². The Bertz CT molecular complexity index is 526. The third kappa shape index (κ3) is 2.88. The Balaban J connectivity index is 0.00000144. The molecule has 0 saturated carbocycles. The fraction of sp³-hybridized carbons (Fsp3) is 0.600. The zero-order chi connectivity index (χ0) is 11.9. The highest BCUT2D eigenvalue weighted by atomic mass is 35.5. The first kappa shape index (κ1) is 17.0. The molecule has 104 valence electrons. The zero-order valence-corrected chi connectivity index (χ0v) is 12.0. The molecule has 1 aliphatic rings. The Morgan fingerprint density at radius 2 is 1.83 bits per heavy atom. The van der Waals surface area contributed by atoms with Gasteiger partial charge in [0.25, 0.3) is 5.56 Å². The highest BCUT2D eigenvalue weighted by Crippen LogP contribution is 2.15. The van der Waals surface area contributed by atoms with Gasteiger partial charge in [-0.25, -0.2) is 4.79 Å². The van der Waals surface area contributed by atoms with Gasteiger partial charge in [0, 0.05) is 39.3 Å². The molecular formula is C10H18Cl2N4O2. The van der Waals surface area contributed by atoms with E-state index in [-0.39, 0.29) is 42.1 Å². The molecular weight excluding hydrogens is 279 g/mol. The Morgan fingerprint density at radius 1 is 1.22 bits per heavy atom. The van der Waals surface area contributed by atoms with Crippen molar-refractivity contribution in [2.75, 3.05) is 18.0 Å². The Morgan fingerprint density at radius 3 is 2.33 bits per heavy atom. The molecule has 0 bridgehead atoms. The normalized spacial score (nSPS) is 18.2. The molecule has 1 aliphatic heterocycles. The maximum absolute atomic E-state index is 11.7. The molecule has 2 heterocycles. The van der Waals surface area contributed by atoms with Crippen LogP contribution in [0, 0.1) is 0 Å². The molecule has 0 radical (unpaired) electrons. The van der Waals surface area contributed by atoms with E-state index in [1.807, 2.05) is 4.90 Å². The van der Waals surface area contributed by atoms with Crippen molar-refractivity contribution >= 4 is 30.6 Å². The van der Waals surface area contributed by atoms with Crippen molar-refractivity contribution in [3.63, 3.8) is 0 Å². The molecule has 0 aliphatic carbocycles. The fourth-order valence-corrected chi connectivity index (χ4v) is 2.02. The molecule has 1 fully saturated rings. The Kier molecular flexibility index (Phi) is 5.92. The van der Waals surface area contributed by atoms with Gasteiger partial charge in [-0.15, -0.1) is 24.8 Å². The summed E-state index contributed by atoms with van der Waals surface area (Å²) in [6.07, 6.45) is 0.892. The molecule has 8 heteroatoms. The number of hydrogen-bond donors (Lipinski definition) is 1. The van der Waals surface area contributed by atoms with Crippen LogP contribution in [0.5, 0.6) is 0 Å². The first-order valence-corrected chi connectivity index (χ1v) is 5.28. The minimum atomic E-state index is -0.303. The summed E-state index contributed by atoms with van der Waals surface area (Å²) in [7, 11) is 3.14. The SMILES string of the molecule is Cl.Cl.Cn1c(N2CC[C@@H](N)C2)cc(=O)n(C)c1=O. The van der Waals surface area contributed by atoms with Crippen molar-refractivity contribution in [1.82, 2.24) is 9.13 Å². The van der Waals surface area contributed by atoms with Gasteiger partial charge in [-0.2, -0.15) is 0 Å². The molecule has 18 heavy (non-hydrogen) atoms. The van der Waals surface area contributed by atoms with Gasteiger partial charge in [-0.05, 0) is 6.42 Å². The number of rotatable bonds is 1. The van der Waals surface area contributed by atoms with Crippen LogP contribution in [0.4, 0.5) is 5.82 Å². The maximum Gasteiger partial charge on any atom is 0.332 e. The van der Waals surface area contributed by atoms with Crippen LogP contribution in [-0.4, -0.2) is 28.3 Å². The molecule has 1 aromatic rings. The fourth-order valence-electron chi connectivity index (χ4n) is 2.02. The van der Waals surface area contributed by atoms with Crippen LogP contribution in [0.15, 0.2) is 15.7 Å². The summed E-state index contributed by atoms with van der Waals surface area (Å²) in [4.78, 5) is 25.2. The summed E-state index contributed by atoms with van der Waals surface area (Å²) in [6, 6.07) is 1.61. The van der Waals surface area contributed by atoms with E-state index in [1.165, 1.54) is 17.7 Å². The molecule has 0 aromatic carbocycles. The molecule has 0 amide bonds. The van der Waals surface area contributed by atoms with Gasteiger partial charge in [0.1, 0.15) is 5.82 Å². The lowest BCUT2D eigenvalue weighted by atomic mass is 10.3. The summed E-state index contributed by atoms with van der Waals surface area (Å²) in [5.41, 5.74) is 5.22. The lowest BCUT2D eigenvalue weighted by Crippen LogP contribution is -2.40. The summed E-state index contributed by atoms with van der Waals surface area (Å²) in [6.45, 7) is 1.49. The number of nitrogens with zero attached hydrogens (tertiary/aromatic N) is 3. The van der Waals surface area contributed by atoms with Crippen molar-refractivity contribution < 1.29 is 0 Å². The van der Waals surface area contributed by atoms with Gasteiger partial charge in [0.05, 0.1) is 0 Å². The second-order valence-corrected chi connectivity index (χ2v) is 4.24.